The predicted molar refractivity (Wildman–Crippen MR) is 91.2 cm³/mol. The minimum Gasteiger partial charge on any atom is -0.485 e. The zero-order chi connectivity index (χ0) is 23.2. The van der Waals surface area contributed by atoms with Gasteiger partial charge in [-0.15, -0.1) is 0 Å². The number of hydrogen-bond donors (Lipinski definition) is 0. The van der Waals surface area contributed by atoms with Gasteiger partial charge < -0.3 is 18.9 Å². The Morgan fingerprint density at radius 2 is 0.812 bits per heavy atom. The van der Waals surface area contributed by atoms with Crippen molar-refractivity contribution in [3.05, 3.63) is 46.5 Å². The van der Waals surface area contributed by atoms with Crippen LogP contribution in [-0.4, -0.2) is 38.6 Å². The highest BCUT2D eigenvalue weighted by molar-refractivity contribution is 5.69. The van der Waals surface area contributed by atoms with Gasteiger partial charge in [0, 0.05) is 26.1 Å². The quantitative estimate of drug-likeness (QED) is 0.431. The van der Waals surface area contributed by atoms with Gasteiger partial charge in [0.1, 0.15) is 13.2 Å². The fraction of sp³-hybridized carbons (Fsp3) is 0.400. The summed E-state index contributed by atoms with van der Waals surface area (Å²) in [5.74, 6) is -20.8. The minimum atomic E-state index is -2.30. The molecule has 2 unspecified atom stereocenters. The maximum absolute atomic E-state index is 14.5. The summed E-state index contributed by atoms with van der Waals surface area (Å²) >= 11 is 0. The van der Waals surface area contributed by atoms with E-state index in [2.05, 4.69) is 0 Å². The number of hydrogen-bond acceptors (Lipinski definition) is 4. The molecule has 0 aromatic heterocycles. The van der Waals surface area contributed by atoms with E-state index in [0.717, 1.165) is 0 Å². The van der Waals surface area contributed by atoms with Gasteiger partial charge >= 0.3 is 0 Å². The summed E-state index contributed by atoms with van der Waals surface area (Å²) in [6, 6.07) is 0. The van der Waals surface area contributed by atoms with Crippen molar-refractivity contribution in [3.8, 4) is 22.6 Å². The largest absolute Gasteiger partial charge is 0.485 e. The zero-order valence-corrected chi connectivity index (χ0v) is 16.1. The first-order valence-corrected chi connectivity index (χ1v) is 9.43. The normalized spacial score (nSPS) is 20.0. The van der Waals surface area contributed by atoms with Crippen LogP contribution in [0.15, 0.2) is 0 Å². The first-order valence-electron chi connectivity index (χ1n) is 9.43. The Hall–Kier alpha value is -2.60. The van der Waals surface area contributed by atoms with E-state index >= 15 is 0 Å². The Labute approximate surface area is 175 Å². The Morgan fingerprint density at radius 3 is 1.03 bits per heavy atom. The molecular weight excluding hydrogens is 456 g/mol. The molecule has 2 aromatic carbocycles. The summed E-state index contributed by atoms with van der Waals surface area (Å²) in [6.45, 7) is -0.170. The Bertz CT molecular complexity index is 911. The Balaban J connectivity index is 1.75. The number of halogens is 8. The van der Waals surface area contributed by atoms with Crippen LogP contribution >= 0.6 is 0 Å². The lowest BCUT2D eigenvalue weighted by Gasteiger charge is -2.26. The average molecular weight is 470 g/mol. The van der Waals surface area contributed by atoms with Crippen LogP contribution in [0.3, 0.4) is 0 Å². The highest BCUT2D eigenvalue weighted by atomic mass is 19.2. The van der Waals surface area contributed by atoms with Crippen LogP contribution in [0.25, 0.3) is 11.1 Å². The first kappa shape index (κ1) is 22.6. The van der Waals surface area contributed by atoms with Crippen LogP contribution in [0, 0.1) is 46.5 Å². The maximum Gasteiger partial charge on any atom is 0.204 e. The van der Waals surface area contributed by atoms with Gasteiger partial charge in [-0.05, 0) is 0 Å². The lowest BCUT2D eigenvalue weighted by Crippen LogP contribution is -2.33. The molecule has 0 radical (unpaired) electrons. The van der Waals surface area contributed by atoms with E-state index < -0.39 is 94.6 Å². The zero-order valence-electron chi connectivity index (χ0n) is 16.1. The van der Waals surface area contributed by atoms with Crippen molar-refractivity contribution < 1.29 is 54.1 Å². The summed E-state index contributed by atoms with van der Waals surface area (Å²) in [5.41, 5.74) is -3.96. The lowest BCUT2D eigenvalue weighted by atomic mass is 10.0. The van der Waals surface area contributed by atoms with Gasteiger partial charge in [-0.1, -0.05) is 0 Å². The van der Waals surface area contributed by atoms with Crippen LogP contribution < -0.4 is 9.47 Å². The lowest BCUT2D eigenvalue weighted by molar-refractivity contribution is -0.0732. The third-order valence-electron chi connectivity index (χ3n) is 5.11. The van der Waals surface area contributed by atoms with E-state index in [4.69, 9.17) is 18.9 Å². The molecule has 2 saturated heterocycles. The summed E-state index contributed by atoms with van der Waals surface area (Å²) in [5, 5.41) is 0. The molecule has 0 amide bonds. The Kier molecular flexibility index (Phi) is 6.17. The molecule has 0 bridgehead atoms. The van der Waals surface area contributed by atoms with Gasteiger partial charge in [-0.2, -0.15) is 17.6 Å². The second kappa shape index (κ2) is 8.74. The standard InChI is InChI=1S/C20H14F8O4/c21-11-9(12(22)16(26)19(15(11)25)31-5-7-1-3-29-7)10-13(23)17(27)20(18(28)14(10)24)32-6-8-2-4-30-8/h7-8H,1-6H2. The van der Waals surface area contributed by atoms with Gasteiger partial charge in [-0.25, -0.2) is 17.6 Å². The SMILES string of the molecule is Fc1c(F)c(-c2c(F)c(F)c(OCC3CCO3)c(F)c2F)c(F)c(F)c1OCC1CCO1. The van der Waals surface area contributed by atoms with Crippen LogP contribution in [0.4, 0.5) is 35.1 Å². The molecule has 174 valence electrons. The van der Waals surface area contributed by atoms with Crippen molar-refractivity contribution in [3.63, 3.8) is 0 Å². The molecule has 0 saturated carbocycles. The van der Waals surface area contributed by atoms with Crippen molar-refractivity contribution >= 4 is 0 Å². The summed E-state index contributed by atoms with van der Waals surface area (Å²) in [7, 11) is 0. The van der Waals surface area contributed by atoms with Gasteiger partial charge in [0.25, 0.3) is 0 Å². The highest BCUT2D eigenvalue weighted by Crippen LogP contribution is 2.41. The maximum atomic E-state index is 14.5. The van der Waals surface area contributed by atoms with Crippen LogP contribution in [0.5, 0.6) is 11.5 Å². The number of benzene rings is 2. The fourth-order valence-electron chi connectivity index (χ4n) is 3.10. The smallest absolute Gasteiger partial charge is 0.204 e. The molecule has 0 N–H and O–H groups in total. The molecular formula is C20H14F8O4. The third-order valence-corrected chi connectivity index (χ3v) is 5.11. The monoisotopic (exact) mass is 470 g/mol. The first-order chi connectivity index (χ1) is 15.2. The molecule has 4 nitrogen and oxygen atoms in total. The molecule has 12 heteroatoms. The van der Waals surface area contributed by atoms with Crippen LogP contribution in [0.2, 0.25) is 0 Å². The van der Waals surface area contributed by atoms with E-state index in [1.165, 1.54) is 0 Å². The van der Waals surface area contributed by atoms with E-state index in [1.54, 1.807) is 0 Å². The molecule has 32 heavy (non-hydrogen) atoms. The minimum absolute atomic E-state index is 0.365. The predicted octanol–water partition coefficient (Wildman–Crippen LogP) is 4.80. The molecule has 2 atom stereocenters. The molecule has 2 heterocycles. The van der Waals surface area contributed by atoms with Gasteiger partial charge in [0.2, 0.25) is 23.3 Å². The fourth-order valence-corrected chi connectivity index (χ4v) is 3.10. The topological polar surface area (TPSA) is 36.9 Å². The summed E-state index contributed by atoms with van der Waals surface area (Å²) in [6.07, 6.45) is -0.170. The third kappa shape index (κ3) is 3.75. The molecule has 0 aliphatic carbocycles. The van der Waals surface area contributed by atoms with Gasteiger partial charge in [0.05, 0.1) is 23.3 Å². The molecule has 4 rings (SSSR count). The van der Waals surface area contributed by atoms with Crippen LogP contribution in [0.1, 0.15) is 12.8 Å². The molecule has 2 aliphatic heterocycles. The van der Waals surface area contributed by atoms with Crippen molar-refractivity contribution in [2.24, 2.45) is 0 Å². The molecule has 0 spiro atoms. The van der Waals surface area contributed by atoms with Crippen molar-refractivity contribution in [1.29, 1.82) is 0 Å². The number of ether oxygens (including phenoxy) is 4. The molecule has 2 aliphatic rings. The average Bonchev–Trinajstić information content (AvgIpc) is 2.70. The van der Waals surface area contributed by atoms with Gasteiger partial charge in [0.15, 0.2) is 34.8 Å². The second-order valence-corrected chi connectivity index (χ2v) is 7.11. The Morgan fingerprint density at radius 1 is 0.531 bits per heavy atom. The van der Waals surface area contributed by atoms with E-state index in [1.807, 2.05) is 0 Å². The van der Waals surface area contributed by atoms with Crippen molar-refractivity contribution in [2.75, 3.05) is 26.4 Å². The van der Waals surface area contributed by atoms with Crippen molar-refractivity contribution in [1.82, 2.24) is 0 Å². The van der Waals surface area contributed by atoms with Crippen LogP contribution in [-0.2, 0) is 9.47 Å². The van der Waals surface area contributed by atoms with Gasteiger partial charge in [-0.3, -0.25) is 0 Å². The van der Waals surface area contributed by atoms with E-state index in [9.17, 15) is 35.1 Å². The van der Waals surface area contributed by atoms with E-state index in [-0.39, 0.29) is 0 Å². The van der Waals surface area contributed by atoms with E-state index in [0.29, 0.717) is 26.1 Å². The summed E-state index contributed by atoms with van der Waals surface area (Å²) < 4.78 is 135. The summed E-state index contributed by atoms with van der Waals surface area (Å²) in [4.78, 5) is 0. The van der Waals surface area contributed by atoms with Crippen molar-refractivity contribution in [2.45, 2.75) is 25.0 Å². The molecule has 2 fully saturated rings. The second-order valence-electron chi connectivity index (χ2n) is 7.11. The number of rotatable bonds is 7. The highest BCUT2D eigenvalue weighted by Gasteiger charge is 2.36. The molecule has 2 aromatic rings.